The van der Waals surface area contributed by atoms with E-state index in [-0.39, 0.29) is 17.7 Å². The fourth-order valence-corrected chi connectivity index (χ4v) is 1.77. The van der Waals surface area contributed by atoms with Gasteiger partial charge in [0.1, 0.15) is 11.2 Å². The van der Waals surface area contributed by atoms with Gasteiger partial charge in [0.25, 0.3) is 0 Å². The molecule has 0 aromatic carbocycles. The fourth-order valence-electron chi connectivity index (χ4n) is 1.77. The lowest BCUT2D eigenvalue weighted by Gasteiger charge is -2.24. The Labute approximate surface area is 78.5 Å². The van der Waals surface area contributed by atoms with Gasteiger partial charge in [-0.15, -0.1) is 0 Å². The number of carbonyl (C=O) groups is 2. The van der Waals surface area contributed by atoms with Crippen molar-refractivity contribution in [1.82, 2.24) is 0 Å². The summed E-state index contributed by atoms with van der Waals surface area (Å²) in [4.78, 5) is 23.1. The molecule has 3 heteroatoms. The summed E-state index contributed by atoms with van der Waals surface area (Å²) in [5.74, 6) is -0.220. The van der Waals surface area contributed by atoms with Crippen molar-refractivity contribution < 1.29 is 14.3 Å². The minimum atomic E-state index is -0.879. The molecule has 2 atom stereocenters. The molecule has 2 unspecified atom stereocenters. The normalized spacial score (nSPS) is 33.5. The van der Waals surface area contributed by atoms with E-state index in [1.165, 1.54) is 0 Å². The van der Waals surface area contributed by atoms with Crippen molar-refractivity contribution in [2.75, 3.05) is 6.61 Å². The number of carbonyl (C=O) groups excluding carboxylic acids is 2. The summed E-state index contributed by atoms with van der Waals surface area (Å²) in [5, 5.41) is 0. The van der Waals surface area contributed by atoms with Gasteiger partial charge in [-0.25, -0.2) is 0 Å². The van der Waals surface area contributed by atoms with E-state index in [9.17, 15) is 9.59 Å². The van der Waals surface area contributed by atoms with Crippen molar-refractivity contribution in [1.29, 1.82) is 0 Å². The Hall–Kier alpha value is -0.860. The largest absolute Gasteiger partial charge is 0.465 e. The summed E-state index contributed by atoms with van der Waals surface area (Å²) in [6.45, 7) is 5.73. The first-order valence-corrected chi connectivity index (χ1v) is 4.74. The Morgan fingerprint density at radius 3 is 2.69 bits per heavy atom. The molecule has 0 aliphatic heterocycles. The van der Waals surface area contributed by atoms with Gasteiger partial charge in [0.2, 0.25) is 0 Å². The van der Waals surface area contributed by atoms with E-state index in [2.05, 4.69) is 0 Å². The van der Waals surface area contributed by atoms with Gasteiger partial charge in [0.05, 0.1) is 6.61 Å². The number of esters is 1. The minimum absolute atomic E-state index is 0.0263. The Kier molecular flexibility index (Phi) is 2.74. The predicted octanol–water partition coefficient (Wildman–Crippen LogP) is 1.55. The van der Waals surface area contributed by atoms with Crippen LogP contribution in [0.2, 0.25) is 0 Å². The van der Waals surface area contributed by atoms with E-state index in [4.69, 9.17) is 4.74 Å². The van der Waals surface area contributed by atoms with Crippen LogP contribution in [-0.2, 0) is 14.3 Å². The number of Topliss-reactive ketones (excluding diaryl/α,β-unsaturated/α-hetero) is 1. The minimum Gasteiger partial charge on any atom is -0.465 e. The van der Waals surface area contributed by atoms with Crippen LogP contribution in [0.1, 0.15) is 33.6 Å². The van der Waals surface area contributed by atoms with E-state index in [1.807, 2.05) is 6.92 Å². The molecular weight excluding hydrogens is 168 g/mol. The summed E-state index contributed by atoms with van der Waals surface area (Å²) in [6, 6.07) is 0. The number of hydrogen-bond donors (Lipinski definition) is 0. The molecule has 0 bridgehead atoms. The van der Waals surface area contributed by atoms with Crippen LogP contribution < -0.4 is 0 Å². The number of ether oxygens (including phenoxy) is 1. The van der Waals surface area contributed by atoms with Gasteiger partial charge in [-0.2, -0.15) is 0 Å². The molecule has 0 saturated heterocycles. The predicted molar refractivity (Wildman–Crippen MR) is 48.1 cm³/mol. The Balaban J connectivity index is 2.84. The van der Waals surface area contributed by atoms with E-state index >= 15 is 0 Å². The van der Waals surface area contributed by atoms with Crippen molar-refractivity contribution in [3.05, 3.63) is 0 Å². The number of rotatable bonds is 2. The van der Waals surface area contributed by atoms with Crippen molar-refractivity contribution in [3.8, 4) is 0 Å². The zero-order valence-electron chi connectivity index (χ0n) is 8.42. The first-order chi connectivity index (χ1) is 6.03. The lowest BCUT2D eigenvalue weighted by Crippen LogP contribution is -2.38. The zero-order valence-corrected chi connectivity index (χ0v) is 8.42. The molecule has 13 heavy (non-hydrogen) atoms. The molecule has 1 aliphatic rings. The molecule has 0 amide bonds. The van der Waals surface area contributed by atoms with Gasteiger partial charge in [-0.05, 0) is 26.2 Å². The lowest BCUT2D eigenvalue weighted by molar-refractivity contribution is -0.159. The average Bonchev–Trinajstić information content (AvgIpc) is 2.35. The molecule has 3 nitrogen and oxygen atoms in total. The summed E-state index contributed by atoms with van der Waals surface area (Å²) in [6.07, 6.45) is 1.31. The van der Waals surface area contributed by atoms with Crippen molar-refractivity contribution in [2.24, 2.45) is 11.3 Å². The van der Waals surface area contributed by atoms with Crippen LogP contribution in [0.5, 0.6) is 0 Å². The van der Waals surface area contributed by atoms with Crippen molar-refractivity contribution >= 4 is 11.8 Å². The molecule has 0 aromatic heterocycles. The second-order valence-corrected chi connectivity index (χ2v) is 3.79. The molecule has 0 heterocycles. The summed E-state index contributed by atoms with van der Waals surface area (Å²) < 4.78 is 4.91. The van der Waals surface area contributed by atoms with Gasteiger partial charge in [-0.1, -0.05) is 6.92 Å². The van der Waals surface area contributed by atoms with E-state index in [0.717, 1.165) is 6.42 Å². The van der Waals surface area contributed by atoms with Crippen molar-refractivity contribution in [2.45, 2.75) is 33.6 Å². The van der Waals surface area contributed by atoms with Crippen LogP contribution in [0.4, 0.5) is 0 Å². The standard InChI is InChI=1S/C10H16O3/c1-4-13-9(12)10(3)7(2)5-6-8(10)11/h7H,4-6H2,1-3H3. The van der Waals surface area contributed by atoms with E-state index in [0.29, 0.717) is 13.0 Å². The number of hydrogen-bond acceptors (Lipinski definition) is 3. The third-order valence-electron chi connectivity index (χ3n) is 3.07. The molecule has 1 saturated carbocycles. The third-order valence-corrected chi connectivity index (χ3v) is 3.07. The second kappa shape index (κ2) is 3.48. The van der Waals surface area contributed by atoms with Gasteiger partial charge in [0.15, 0.2) is 0 Å². The monoisotopic (exact) mass is 184 g/mol. The molecule has 0 N–H and O–H groups in total. The van der Waals surface area contributed by atoms with Crippen LogP contribution in [0.3, 0.4) is 0 Å². The molecular formula is C10H16O3. The smallest absolute Gasteiger partial charge is 0.319 e. The highest BCUT2D eigenvalue weighted by Gasteiger charge is 2.50. The molecule has 1 aliphatic carbocycles. The van der Waals surface area contributed by atoms with Crippen LogP contribution in [0.25, 0.3) is 0 Å². The first kappa shape index (κ1) is 10.2. The molecule has 74 valence electrons. The SMILES string of the molecule is CCOC(=O)C1(C)C(=O)CCC1C. The zero-order chi connectivity index (χ0) is 10.1. The average molecular weight is 184 g/mol. The maximum atomic E-state index is 11.5. The molecule has 0 spiro atoms. The van der Waals surface area contributed by atoms with E-state index < -0.39 is 5.41 Å². The highest BCUT2D eigenvalue weighted by Crippen LogP contribution is 2.40. The van der Waals surface area contributed by atoms with E-state index in [1.54, 1.807) is 13.8 Å². The number of ketones is 1. The van der Waals surface area contributed by atoms with Crippen molar-refractivity contribution in [3.63, 3.8) is 0 Å². The first-order valence-electron chi connectivity index (χ1n) is 4.74. The molecule has 0 aromatic rings. The highest BCUT2D eigenvalue weighted by molar-refractivity contribution is 6.05. The van der Waals surface area contributed by atoms with Crippen LogP contribution in [0.15, 0.2) is 0 Å². The quantitative estimate of drug-likeness (QED) is 0.483. The van der Waals surface area contributed by atoms with Crippen LogP contribution in [0, 0.1) is 11.3 Å². The summed E-state index contributed by atoms with van der Waals surface area (Å²) >= 11 is 0. The van der Waals surface area contributed by atoms with Crippen LogP contribution in [-0.4, -0.2) is 18.4 Å². The molecule has 0 radical (unpaired) electrons. The molecule has 1 rings (SSSR count). The third kappa shape index (κ3) is 1.47. The lowest BCUT2D eigenvalue weighted by atomic mass is 9.80. The topological polar surface area (TPSA) is 43.4 Å². The van der Waals surface area contributed by atoms with Gasteiger partial charge in [0, 0.05) is 6.42 Å². The van der Waals surface area contributed by atoms with Gasteiger partial charge >= 0.3 is 5.97 Å². The maximum absolute atomic E-state index is 11.5. The Morgan fingerprint density at radius 2 is 2.31 bits per heavy atom. The molecule has 1 fully saturated rings. The Morgan fingerprint density at radius 1 is 1.69 bits per heavy atom. The second-order valence-electron chi connectivity index (χ2n) is 3.79. The van der Waals surface area contributed by atoms with Gasteiger partial charge in [-0.3, -0.25) is 9.59 Å². The van der Waals surface area contributed by atoms with Gasteiger partial charge < -0.3 is 4.74 Å². The Bertz CT molecular complexity index is 234. The highest BCUT2D eigenvalue weighted by atomic mass is 16.5. The maximum Gasteiger partial charge on any atom is 0.319 e. The fraction of sp³-hybridized carbons (Fsp3) is 0.800. The summed E-state index contributed by atoms with van der Waals surface area (Å²) in [5.41, 5.74) is -0.879. The van der Waals surface area contributed by atoms with Crippen LogP contribution >= 0.6 is 0 Å². The summed E-state index contributed by atoms with van der Waals surface area (Å²) in [7, 11) is 0.